The Balaban J connectivity index is 2.56. The van der Waals surface area contributed by atoms with Gasteiger partial charge in [-0.05, 0) is 24.3 Å². The molecule has 0 aliphatic heterocycles. The molecule has 0 aliphatic rings. The molecule has 0 unspecified atom stereocenters. The highest BCUT2D eigenvalue weighted by molar-refractivity contribution is 5.95. The van der Waals surface area contributed by atoms with Crippen molar-refractivity contribution in [3.8, 4) is 11.5 Å². The first-order valence-corrected chi connectivity index (χ1v) is 5.83. The van der Waals surface area contributed by atoms with E-state index in [1.54, 1.807) is 43.5 Å². The second kappa shape index (κ2) is 4.31. The van der Waals surface area contributed by atoms with Gasteiger partial charge < -0.3 is 13.9 Å². The number of hydrogen-bond donors (Lipinski definition) is 0. The topological polar surface area (TPSA) is 48.7 Å². The number of fused-ring (bicyclic) bond motifs is 2. The molecule has 0 atom stereocenters. The lowest BCUT2D eigenvalue weighted by atomic mass is 10.1. The van der Waals surface area contributed by atoms with Crippen molar-refractivity contribution in [2.24, 2.45) is 0 Å². The van der Waals surface area contributed by atoms with Crippen LogP contribution in [0, 0.1) is 0 Å². The van der Waals surface area contributed by atoms with Crippen molar-refractivity contribution in [3.05, 3.63) is 46.6 Å². The van der Waals surface area contributed by atoms with Crippen LogP contribution in [-0.4, -0.2) is 14.2 Å². The first-order chi connectivity index (χ1) is 9.26. The molecule has 3 rings (SSSR count). The van der Waals surface area contributed by atoms with Gasteiger partial charge in [0.1, 0.15) is 16.7 Å². The third kappa shape index (κ3) is 1.64. The molecule has 0 saturated carbocycles. The molecule has 96 valence electrons. The summed E-state index contributed by atoms with van der Waals surface area (Å²) in [5, 5.41) is 0.933. The molecule has 0 saturated heterocycles. The molecule has 19 heavy (non-hydrogen) atoms. The molecule has 0 spiro atoms. The quantitative estimate of drug-likeness (QED) is 0.661. The maximum atomic E-state index is 12.5. The van der Waals surface area contributed by atoms with Gasteiger partial charge in [-0.25, -0.2) is 0 Å². The zero-order chi connectivity index (χ0) is 13.4. The fourth-order valence-corrected chi connectivity index (χ4v) is 2.20. The summed E-state index contributed by atoms with van der Waals surface area (Å²) in [6.07, 6.45) is 0. The van der Waals surface area contributed by atoms with Gasteiger partial charge in [0.15, 0.2) is 11.3 Å². The Morgan fingerprint density at radius 2 is 1.63 bits per heavy atom. The molecule has 0 amide bonds. The Bertz CT molecular complexity index is 817. The third-order valence-electron chi connectivity index (χ3n) is 3.09. The summed E-state index contributed by atoms with van der Waals surface area (Å²) in [5.74, 6) is 1.05. The maximum Gasteiger partial charge on any atom is 0.204 e. The number of hydrogen-bond acceptors (Lipinski definition) is 4. The molecule has 4 nitrogen and oxygen atoms in total. The van der Waals surface area contributed by atoms with E-state index in [0.717, 1.165) is 0 Å². The van der Waals surface area contributed by atoms with Crippen LogP contribution >= 0.6 is 0 Å². The Morgan fingerprint density at radius 1 is 0.947 bits per heavy atom. The van der Waals surface area contributed by atoms with E-state index >= 15 is 0 Å². The Morgan fingerprint density at radius 3 is 2.37 bits per heavy atom. The van der Waals surface area contributed by atoms with Gasteiger partial charge in [-0.2, -0.15) is 0 Å². The van der Waals surface area contributed by atoms with Gasteiger partial charge in [-0.3, -0.25) is 4.79 Å². The monoisotopic (exact) mass is 256 g/mol. The van der Waals surface area contributed by atoms with Gasteiger partial charge in [0, 0.05) is 0 Å². The van der Waals surface area contributed by atoms with Crippen molar-refractivity contribution in [2.75, 3.05) is 14.2 Å². The minimum absolute atomic E-state index is 0.118. The fourth-order valence-electron chi connectivity index (χ4n) is 2.20. The van der Waals surface area contributed by atoms with Gasteiger partial charge in [0.25, 0.3) is 0 Å². The van der Waals surface area contributed by atoms with E-state index in [9.17, 15) is 4.79 Å². The largest absolute Gasteiger partial charge is 0.496 e. The SMILES string of the molecule is COc1cccc2c(=O)c3c(OC)cccc3oc12. The lowest BCUT2D eigenvalue weighted by Crippen LogP contribution is -2.04. The molecule has 0 radical (unpaired) electrons. The van der Waals surface area contributed by atoms with Crippen LogP contribution in [0.4, 0.5) is 0 Å². The second-order valence-electron chi connectivity index (χ2n) is 4.10. The second-order valence-corrected chi connectivity index (χ2v) is 4.10. The van der Waals surface area contributed by atoms with E-state index in [-0.39, 0.29) is 5.43 Å². The van der Waals surface area contributed by atoms with Crippen molar-refractivity contribution in [1.82, 2.24) is 0 Å². The van der Waals surface area contributed by atoms with Crippen LogP contribution in [0.1, 0.15) is 0 Å². The number of ether oxygens (including phenoxy) is 2. The summed E-state index contributed by atoms with van der Waals surface area (Å²) < 4.78 is 16.2. The number of methoxy groups -OCH3 is 2. The van der Waals surface area contributed by atoms with E-state index in [2.05, 4.69) is 0 Å². The molecule has 2 aromatic carbocycles. The first kappa shape index (κ1) is 11.6. The third-order valence-corrected chi connectivity index (χ3v) is 3.09. The summed E-state index contributed by atoms with van der Waals surface area (Å²) in [4.78, 5) is 12.5. The molecule has 0 aliphatic carbocycles. The highest BCUT2D eigenvalue weighted by Gasteiger charge is 2.14. The summed E-state index contributed by atoms with van der Waals surface area (Å²) in [6, 6.07) is 10.5. The Hall–Kier alpha value is -2.49. The van der Waals surface area contributed by atoms with Gasteiger partial charge in [-0.1, -0.05) is 12.1 Å². The van der Waals surface area contributed by atoms with Crippen molar-refractivity contribution in [1.29, 1.82) is 0 Å². The lowest BCUT2D eigenvalue weighted by Gasteiger charge is -2.07. The van der Waals surface area contributed by atoms with Crippen LogP contribution in [-0.2, 0) is 0 Å². The molecule has 1 heterocycles. The van der Waals surface area contributed by atoms with Crippen LogP contribution < -0.4 is 14.9 Å². The standard InChI is InChI=1S/C15H12O4/c1-17-10-6-4-7-11-13(10)14(16)9-5-3-8-12(18-2)15(9)19-11/h3-8H,1-2H3. The van der Waals surface area contributed by atoms with Crippen LogP contribution in [0.3, 0.4) is 0 Å². The maximum absolute atomic E-state index is 12.5. The normalized spacial score (nSPS) is 10.8. The van der Waals surface area contributed by atoms with E-state index in [4.69, 9.17) is 13.9 Å². The predicted molar refractivity (Wildman–Crippen MR) is 73.1 cm³/mol. The molecule has 3 aromatic rings. The summed E-state index contributed by atoms with van der Waals surface area (Å²) in [7, 11) is 3.08. The molecule has 0 bridgehead atoms. The first-order valence-electron chi connectivity index (χ1n) is 5.83. The fraction of sp³-hybridized carbons (Fsp3) is 0.133. The van der Waals surface area contributed by atoms with Crippen molar-refractivity contribution < 1.29 is 13.9 Å². The van der Waals surface area contributed by atoms with E-state index in [1.165, 1.54) is 7.11 Å². The van der Waals surface area contributed by atoms with Crippen molar-refractivity contribution in [2.45, 2.75) is 0 Å². The van der Waals surface area contributed by atoms with Gasteiger partial charge >= 0.3 is 0 Å². The van der Waals surface area contributed by atoms with Crippen LogP contribution in [0.15, 0.2) is 45.6 Å². The van der Waals surface area contributed by atoms with E-state index < -0.39 is 0 Å². The van der Waals surface area contributed by atoms with Crippen molar-refractivity contribution in [3.63, 3.8) is 0 Å². The van der Waals surface area contributed by atoms with Gasteiger partial charge in [0.05, 0.1) is 19.6 Å². The highest BCUT2D eigenvalue weighted by atomic mass is 16.5. The number of benzene rings is 2. The molecular formula is C15H12O4. The Kier molecular flexibility index (Phi) is 2.63. The van der Waals surface area contributed by atoms with E-state index in [0.29, 0.717) is 33.4 Å². The predicted octanol–water partition coefficient (Wildman–Crippen LogP) is 2.96. The molecule has 0 N–H and O–H groups in total. The summed E-state index contributed by atoms with van der Waals surface area (Å²) >= 11 is 0. The minimum atomic E-state index is -0.118. The number of para-hydroxylation sites is 1. The van der Waals surface area contributed by atoms with Gasteiger partial charge in [-0.15, -0.1) is 0 Å². The van der Waals surface area contributed by atoms with Crippen LogP contribution in [0.25, 0.3) is 21.9 Å². The lowest BCUT2D eigenvalue weighted by molar-refractivity contribution is 0.410. The van der Waals surface area contributed by atoms with Gasteiger partial charge in [0.2, 0.25) is 5.43 Å². The molecule has 0 fully saturated rings. The summed E-state index contributed by atoms with van der Waals surface area (Å²) in [6.45, 7) is 0. The smallest absolute Gasteiger partial charge is 0.204 e. The van der Waals surface area contributed by atoms with Crippen molar-refractivity contribution >= 4 is 21.9 Å². The average molecular weight is 256 g/mol. The molecule has 4 heteroatoms. The average Bonchev–Trinajstić information content (AvgIpc) is 2.46. The highest BCUT2D eigenvalue weighted by Crippen LogP contribution is 2.30. The van der Waals surface area contributed by atoms with Crippen LogP contribution in [0.5, 0.6) is 11.5 Å². The van der Waals surface area contributed by atoms with Crippen LogP contribution in [0.2, 0.25) is 0 Å². The Labute approximate surface area is 109 Å². The molecular weight excluding hydrogens is 244 g/mol. The zero-order valence-corrected chi connectivity index (χ0v) is 10.6. The summed E-state index contributed by atoms with van der Waals surface area (Å²) in [5.41, 5.74) is 0.824. The van der Waals surface area contributed by atoms with E-state index in [1.807, 2.05) is 0 Å². The zero-order valence-electron chi connectivity index (χ0n) is 10.6. The minimum Gasteiger partial charge on any atom is -0.496 e. The molecule has 1 aromatic heterocycles. The number of rotatable bonds is 2.